The molecule has 1 aromatic carbocycles. The summed E-state index contributed by atoms with van der Waals surface area (Å²) in [6.45, 7) is 3.77. The molecule has 1 aliphatic rings. The monoisotopic (exact) mass is 381 g/mol. The average molecular weight is 381 g/mol. The molecule has 1 N–H and O–H groups in total. The molecule has 0 spiro atoms. The SMILES string of the molecule is CC[C@H](C)NC(=O)C1=CC(c2ccc(OC)c(OC)c2)=NS(=O)(=O)N1C. The number of hydrogen-bond donors (Lipinski definition) is 1. The first kappa shape index (κ1) is 19.8. The molecule has 1 amide bonds. The quantitative estimate of drug-likeness (QED) is 0.805. The Bertz CT molecular complexity index is 861. The van der Waals surface area contributed by atoms with E-state index in [1.807, 2.05) is 13.8 Å². The van der Waals surface area contributed by atoms with E-state index in [0.717, 1.165) is 10.7 Å². The summed E-state index contributed by atoms with van der Waals surface area (Å²) in [6, 6.07) is 4.83. The van der Waals surface area contributed by atoms with Crippen LogP contribution in [0.25, 0.3) is 0 Å². The van der Waals surface area contributed by atoms with E-state index in [1.165, 1.54) is 27.3 Å². The molecule has 2 rings (SSSR count). The maximum atomic E-state index is 12.5. The highest BCUT2D eigenvalue weighted by Crippen LogP contribution is 2.29. The lowest BCUT2D eigenvalue weighted by molar-refractivity contribution is -0.119. The number of carbonyl (C=O) groups excluding carboxylic acids is 1. The van der Waals surface area contributed by atoms with Gasteiger partial charge in [0, 0.05) is 18.7 Å². The van der Waals surface area contributed by atoms with Crippen LogP contribution in [0.5, 0.6) is 11.5 Å². The Kier molecular flexibility index (Phi) is 5.91. The summed E-state index contributed by atoms with van der Waals surface area (Å²) in [4.78, 5) is 12.5. The highest BCUT2D eigenvalue weighted by molar-refractivity contribution is 7.88. The number of nitrogens with one attached hydrogen (secondary N) is 1. The summed E-state index contributed by atoms with van der Waals surface area (Å²) in [6.07, 6.45) is 2.17. The van der Waals surface area contributed by atoms with E-state index in [-0.39, 0.29) is 17.5 Å². The first-order chi connectivity index (χ1) is 12.2. The van der Waals surface area contributed by atoms with Crippen LogP contribution in [-0.2, 0) is 15.0 Å². The lowest BCUT2D eigenvalue weighted by atomic mass is 10.1. The largest absolute Gasteiger partial charge is 0.493 e. The molecule has 26 heavy (non-hydrogen) atoms. The minimum Gasteiger partial charge on any atom is -0.493 e. The molecule has 0 saturated heterocycles. The molecular weight excluding hydrogens is 358 g/mol. The van der Waals surface area contributed by atoms with Crippen molar-refractivity contribution < 1.29 is 22.7 Å². The number of hydrogen-bond acceptors (Lipinski definition) is 5. The molecule has 0 aromatic heterocycles. The van der Waals surface area contributed by atoms with Gasteiger partial charge in [-0.25, -0.2) is 4.31 Å². The van der Waals surface area contributed by atoms with Gasteiger partial charge in [-0.1, -0.05) is 6.92 Å². The number of amides is 1. The Balaban J connectivity index is 2.49. The number of benzene rings is 1. The molecule has 0 radical (unpaired) electrons. The second-order valence-electron chi connectivity index (χ2n) is 5.80. The first-order valence-corrected chi connectivity index (χ1v) is 9.47. The third-order valence-corrected chi connectivity index (χ3v) is 5.39. The van der Waals surface area contributed by atoms with E-state index >= 15 is 0 Å². The normalized spacial score (nSPS) is 17.0. The fourth-order valence-electron chi connectivity index (χ4n) is 2.30. The lowest BCUT2D eigenvalue weighted by Crippen LogP contribution is -2.41. The zero-order valence-electron chi connectivity index (χ0n) is 15.4. The van der Waals surface area contributed by atoms with E-state index in [9.17, 15) is 13.2 Å². The van der Waals surface area contributed by atoms with Crippen molar-refractivity contribution in [1.29, 1.82) is 0 Å². The Labute approximate surface area is 153 Å². The van der Waals surface area contributed by atoms with Crippen LogP contribution >= 0.6 is 0 Å². The minimum atomic E-state index is -4.01. The van der Waals surface area contributed by atoms with Crippen molar-refractivity contribution in [1.82, 2.24) is 9.62 Å². The minimum absolute atomic E-state index is 0.00471. The predicted octanol–water partition coefficient (Wildman–Crippen LogP) is 1.48. The fourth-order valence-corrected chi connectivity index (χ4v) is 3.21. The van der Waals surface area contributed by atoms with Crippen molar-refractivity contribution in [3.8, 4) is 11.5 Å². The molecule has 0 unspecified atom stereocenters. The Hall–Kier alpha value is -2.55. The first-order valence-electron chi connectivity index (χ1n) is 8.07. The van der Waals surface area contributed by atoms with E-state index in [0.29, 0.717) is 17.1 Å². The number of carbonyl (C=O) groups is 1. The maximum Gasteiger partial charge on any atom is 0.345 e. The maximum absolute atomic E-state index is 12.5. The van der Waals surface area contributed by atoms with Crippen molar-refractivity contribution >= 4 is 21.8 Å². The van der Waals surface area contributed by atoms with Crippen molar-refractivity contribution in [2.45, 2.75) is 26.3 Å². The molecule has 1 aromatic rings. The highest BCUT2D eigenvalue weighted by Gasteiger charge is 2.30. The zero-order valence-corrected chi connectivity index (χ0v) is 16.3. The van der Waals surface area contributed by atoms with E-state index in [4.69, 9.17) is 9.47 Å². The van der Waals surface area contributed by atoms with Crippen molar-refractivity contribution in [2.75, 3.05) is 21.3 Å². The molecule has 0 saturated carbocycles. The summed E-state index contributed by atoms with van der Waals surface area (Å²) < 4.78 is 39.8. The van der Waals surface area contributed by atoms with Crippen molar-refractivity contribution in [2.24, 2.45) is 4.40 Å². The van der Waals surface area contributed by atoms with Gasteiger partial charge in [-0.2, -0.15) is 8.42 Å². The van der Waals surface area contributed by atoms with Gasteiger partial charge in [0.1, 0.15) is 5.70 Å². The van der Waals surface area contributed by atoms with Gasteiger partial charge in [0.05, 0.1) is 19.9 Å². The van der Waals surface area contributed by atoms with Crippen molar-refractivity contribution in [3.63, 3.8) is 0 Å². The van der Waals surface area contributed by atoms with Gasteiger partial charge in [-0.3, -0.25) is 4.79 Å². The number of allylic oxidation sites excluding steroid dienone is 1. The van der Waals surface area contributed by atoms with E-state index < -0.39 is 16.1 Å². The third-order valence-electron chi connectivity index (χ3n) is 4.07. The van der Waals surface area contributed by atoms with Gasteiger partial charge in [-0.15, -0.1) is 4.40 Å². The molecule has 1 heterocycles. The average Bonchev–Trinajstić information content (AvgIpc) is 2.62. The zero-order chi connectivity index (χ0) is 19.5. The number of likely N-dealkylation sites (N-methyl/N-ethyl adjacent to an activating group) is 1. The Morgan fingerprint density at radius 3 is 2.50 bits per heavy atom. The number of ether oxygens (including phenoxy) is 2. The van der Waals surface area contributed by atoms with Crippen LogP contribution in [0.1, 0.15) is 25.8 Å². The topological polar surface area (TPSA) is 97.3 Å². The number of nitrogens with zero attached hydrogens (tertiary/aromatic N) is 2. The van der Waals surface area contributed by atoms with Crippen LogP contribution < -0.4 is 14.8 Å². The number of rotatable bonds is 6. The van der Waals surface area contributed by atoms with E-state index in [1.54, 1.807) is 18.2 Å². The second kappa shape index (κ2) is 7.77. The summed E-state index contributed by atoms with van der Waals surface area (Å²) in [5, 5.41) is 2.77. The van der Waals surface area contributed by atoms with Gasteiger partial charge in [0.25, 0.3) is 5.91 Å². The molecule has 0 bridgehead atoms. The van der Waals surface area contributed by atoms with Crippen molar-refractivity contribution in [3.05, 3.63) is 35.5 Å². The smallest absolute Gasteiger partial charge is 0.345 e. The summed E-state index contributed by atoms with van der Waals surface area (Å²) in [5.41, 5.74) is 0.650. The lowest BCUT2D eigenvalue weighted by Gasteiger charge is -2.24. The fraction of sp³-hybridized carbons (Fsp3) is 0.412. The molecule has 142 valence electrons. The predicted molar refractivity (Wildman–Crippen MR) is 98.7 cm³/mol. The van der Waals surface area contributed by atoms with Gasteiger partial charge >= 0.3 is 10.2 Å². The second-order valence-corrected chi connectivity index (χ2v) is 7.43. The Morgan fingerprint density at radius 2 is 1.92 bits per heavy atom. The molecule has 9 heteroatoms. The van der Waals surface area contributed by atoms with Crippen LogP contribution in [0.4, 0.5) is 0 Å². The van der Waals surface area contributed by atoms with Crippen LogP contribution in [0.3, 0.4) is 0 Å². The molecule has 0 aliphatic carbocycles. The van der Waals surface area contributed by atoms with Gasteiger partial charge in [-0.05, 0) is 37.6 Å². The van der Waals surface area contributed by atoms with Gasteiger partial charge in [0.2, 0.25) is 0 Å². The summed E-state index contributed by atoms with van der Waals surface area (Å²) >= 11 is 0. The summed E-state index contributed by atoms with van der Waals surface area (Å²) in [7, 11) is 0.275. The third kappa shape index (κ3) is 3.98. The highest BCUT2D eigenvalue weighted by atomic mass is 32.2. The molecular formula is C17H23N3O5S. The van der Waals surface area contributed by atoms with Gasteiger partial charge < -0.3 is 14.8 Å². The molecule has 1 atom stereocenters. The van der Waals surface area contributed by atoms with Crippen LogP contribution in [0, 0.1) is 0 Å². The van der Waals surface area contributed by atoms with Gasteiger partial charge in [0.15, 0.2) is 11.5 Å². The van der Waals surface area contributed by atoms with Crippen LogP contribution in [-0.4, -0.2) is 51.7 Å². The number of methoxy groups -OCH3 is 2. The molecule has 8 nitrogen and oxygen atoms in total. The molecule has 1 aliphatic heterocycles. The summed E-state index contributed by atoms with van der Waals surface area (Å²) in [5.74, 6) is 0.465. The standard InChI is InChI=1S/C17H23N3O5S/c1-6-11(2)18-17(21)14-10-13(19-26(22,23)20(14)3)12-7-8-15(24-4)16(9-12)25-5/h7-11H,6H2,1-5H3,(H,18,21)/t11-/m0/s1. The van der Waals surface area contributed by atoms with E-state index in [2.05, 4.69) is 9.71 Å². The van der Waals surface area contributed by atoms with Crippen LogP contribution in [0.15, 0.2) is 34.4 Å². The van der Waals surface area contributed by atoms with Crippen LogP contribution in [0.2, 0.25) is 0 Å². The molecule has 0 fully saturated rings. The Morgan fingerprint density at radius 1 is 1.27 bits per heavy atom.